The van der Waals surface area contributed by atoms with Crippen LogP contribution in [0.3, 0.4) is 0 Å². The molecule has 0 spiro atoms. The highest BCUT2D eigenvalue weighted by atomic mass is 16.8. The van der Waals surface area contributed by atoms with Crippen LogP contribution >= 0.6 is 0 Å². The lowest BCUT2D eigenvalue weighted by atomic mass is 9.96. The first-order valence-electron chi connectivity index (χ1n) is 7.49. The largest absolute Gasteiger partial charge is 0.386 e. The van der Waals surface area contributed by atoms with Crippen LogP contribution in [0.4, 0.5) is 0 Å². The van der Waals surface area contributed by atoms with Crippen LogP contribution in [0.2, 0.25) is 0 Å². The van der Waals surface area contributed by atoms with E-state index in [0.717, 1.165) is 12.8 Å². The molecular formula is C16H30O3. The van der Waals surface area contributed by atoms with Crippen LogP contribution in [0, 0.1) is 11.8 Å². The maximum absolute atomic E-state index is 10.3. The predicted octanol–water partition coefficient (Wildman–Crippen LogP) is 3.52. The number of aliphatic hydroxyl groups is 1. The van der Waals surface area contributed by atoms with Gasteiger partial charge >= 0.3 is 0 Å². The maximum Gasteiger partial charge on any atom is 0.163 e. The Bertz CT molecular complexity index is 296. The van der Waals surface area contributed by atoms with Gasteiger partial charge in [-0.05, 0) is 32.1 Å². The molecule has 4 atom stereocenters. The minimum absolute atomic E-state index is 0.0194. The fourth-order valence-corrected chi connectivity index (χ4v) is 2.28. The molecule has 112 valence electrons. The molecule has 1 heterocycles. The number of ether oxygens (including phenoxy) is 2. The third-order valence-corrected chi connectivity index (χ3v) is 3.79. The molecule has 0 amide bonds. The SMILES string of the molecule is CCC[C@@H]1OC(C)(C)O[C@@H]1C(O)/C=C\[C@@H](C)C(C)C. The van der Waals surface area contributed by atoms with Gasteiger partial charge in [0.1, 0.15) is 12.2 Å². The van der Waals surface area contributed by atoms with Crippen molar-refractivity contribution in [3.63, 3.8) is 0 Å². The molecule has 1 aliphatic heterocycles. The number of hydrogen-bond donors (Lipinski definition) is 1. The minimum atomic E-state index is -0.598. The number of aliphatic hydroxyl groups excluding tert-OH is 1. The smallest absolute Gasteiger partial charge is 0.163 e. The first-order chi connectivity index (χ1) is 8.76. The van der Waals surface area contributed by atoms with E-state index in [0.29, 0.717) is 11.8 Å². The van der Waals surface area contributed by atoms with Crippen molar-refractivity contribution in [3.8, 4) is 0 Å². The summed E-state index contributed by atoms with van der Waals surface area (Å²) in [5.41, 5.74) is 0. The Balaban J connectivity index is 2.66. The van der Waals surface area contributed by atoms with E-state index in [4.69, 9.17) is 9.47 Å². The molecule has 1 aliphatic rings. The van der Waals surface area contributed by atoms with E-state index in [1.165, 1.54) is 0 Å². The van der Waals surface area contributed by atoms with Crippen LogP contribution < -0.4 is 0 Å². The predicted molar refractivity (Wildman–Crippen MR) is 77.9 cm³/mol. The van der Waals surface area contributed by atoms with Crippen molar-refractivity contribution >= 4 is 0 Å². The molecule has 1 unspecified atom stereocenters. The van der Waals surface area contributed by atoms with Gasteiger partial charge in [-0.3, -0.25) is 0 Å². The highest BCUT2D eigenvalue weighted by Crippen LogP contribution is 2.32. The van der Waals surface area contributed by atoms with Crippen molar-refractivity contribution in [2.24, 2.45) is 11.8 Å². The zero-order valence-electron chi connectivity index (χ0n) is 13.2. The maximum atomic E-state index is 10.3. The monoisotopic (exact) mass is 270 g/mol. The fraction of sp³-hybridized carbons (Fsp3) is 0.875. The molecule has 19 heavy (non-hydrogen) atoms. The Kier molecular flexibility index (Phi) is 6.03. The molecule has 1 N–H and O–H groups in total. The van der Waals surface area contributed by atoms with Crippen molar-refractivity contribution in [2.75, 3.05) is 0 Å². The average molecular weight is 270 g/mol. The van der Waals surface area contributed by atoms with Gasteiger partial charge in [0.2, 0.25) is 0 Å². The Morgan fingerprint density at radius 3 is 2.32 bits per heavy atom. The second-order valence-corrected chi connectivity index (χ2v) is 6.41. The van der Waals surface area contributed by atoms with E-state index in [2.05, 4.69) is 33.8 Å². The minimum Gasteiger partial charge on any atom is -0.386 e. The number of rotatable bonds is 6. The second-order valence-electron chi connectivity index (χ2n) is 6.41. The van der Waals surface area contributed by atoms with Gasteiger partial charge in [-0.25, -0.2) is 0 Å². The van der Waals surface area contributed by atoms with E-state index < -0.39 is 11.9 Å². The van der Waals surface area contributed by atoms with Gasteiger partial charge < -0.3 is 14.6 Å². The first-order valence-corrected chi connectivity index (χ1v) is 7.49. The summed E-state index contributed by atoms with van der Waals surface area (Å²) in [7, 11) is 0. The summed E-state index contributed by atoms with van der Waals surface area (Å²) in [6.45, 7) is 12.5. The summed E-state index contributed by atoms with van der Waals surface area (Å²) in [6.07, 6.45) is 5.01. The molecule has 1 saturated heterocycles. The molecule has 1 fully saturated rings. The van der Waals surface area contributed by atoms with E-state index in [-0.39, 0.29) is 12.2 Å². The number of allylic oxidation sites excluding steroid dienone is 1. The Labute approximate surface area is 118 Å². The third kappa shape index (κ3) is 4.90. The summed E-state index contributed by atoms with van der Waals surface area (Å²) in [5, 5.41) is 10.3. The van der Waals surface area contributed by atoms with Crippen LogP contribution in [-0.2, 0) is 9.47 Å². The topological polar surface area (TPSA) is 38.7 Å². The average Bonchev–Trinajstić information content (AvgIpc) is 2.61. The summed E-state index contributed by atoms with van der Waals surface area (Å²) in [4.78, 5) is 0. The van der Waals surface area contributed by atoms with Crippen LogP contribution in [0.25, 0.3) is 0 Å². The van der Waals surface area contributed by atoms with Gasteiger partial charge in [0.05, 0.1) is 6.10 Å². The normalized spacial score (nSPS) is 30.1. The van der Waals surface area contributed by atoms with Gasteiger partial charge in [-0.15, -0.1) is 0 Å². The first kappa shape index (κ1) is 16.7. The molecule has 3 nitrogen and oxygen atoms in total. The lowest BCUT2D eigenvalue weighted by Crippen LogP contribution is -2.34. The van der Waals surface area contributed by atoms with Crippen LogP contribution in [0.15, 0.2) is 12.2 Å². The van der Waals surface area contributed by atoms with Crippen molar-refractivity contribution in [1.29, 1.82) is 0 Å². The highest BCUT2D eigenvalue weighted by molar-refractivity contribution is 5.00. The molecule has 0 aromatic carbocycles. The quantitative estimate of drug-likeness (QED) is 0.751. The van der Waals surface area contributed by atoms with E-state index in [9.17, 15) is 5.11 Å². The molecule has 0 radical (unpaired) electrons. The standard InChI is InChI=1S/C16H30O3/c1-7-8-14-15(19-16(5,6)18-14)13(17)10-9-12(4)11(2)3/h9-15,17H,7-8H2,1-6H3/b10-9-/t12-,13?,14+,15-/m1/s1. The van der Waals surface area contributed by atoms with Gasteiger partial charge in [0.15, 0.2) is 5.79 Å². The van der Waals surface area contributed by atoms with Crippen LogP contribution in [-0.4, -0.2) is 29.2 Å². The van der Waals surface area contributed by atoms with Gasteiger partial charge in [-0.1, -0.05) is 46.3 Å². The molecule has 0 saturated carbocycles. The van der Waals surface area contributed by atoms with Crippen LogP contribution in [0.5, 0.6) is 0 Å². The van der Waals surface area contributed by atoms with Crippen molar-refractivity contribution < 1.29 is 14.6 Å². The number of hydrogen-bond acceptors (Lipinski definition) is 3. The molecule has 0 aromatic rings. The van der Waals surface area contributed by atoms with Crippen molar-refractivity contribution in [1.82, 2.24) is 0 Å². The van der Waals surface area contributed by atoms with Crippen LogP contribution in [0.1, 0.15) is 54.4 Å². The van der Waals surface area contributed by atoms with Crippen molar-refractivity contribution in [3.05, 3.63) is 12.2 Å². The Morgan fingerprint density at radius 1 is 1.16 bits per heavy atom. The fourth-order valence-electron chi connectivity index (χ4n) is 2.28. The zero-order valence-corrected chi connectivity index (χ0v) is 13.2. The van der Waals surface area contributed by atoms with E-state index in [1.54, 1.807) is 0 Å². The lowest BCUT2D eigenvalue weighted by molar-refractivity contribution is -0.152. The van der Waals surface area contributed by atoms with Crippen molar-refractivity contribution in [2.45, 2.75) is 78.5 Å². The highest BCUT2D eigenvalue weighted by Gasteiger charge is 2.43. The Morgan fingerprint density at radius 2 is 1.79 bits per heavy atom. The van der Waals surface area contributed by atoms with Gasteiger partial charge in [-0.2, -0.15) is 0 Å². The molecule has 3 heteroatoms. The van der Waals surface area contributed by atoms with E-state index >= 15 is 0 Å². The second kappa shape index (κ2) is 6.87. The Hall–Kier alpha value is -0.380. The molecule has 0 bridgehead atoms. The van der Waals surface area contributed by atoms with E-state index in [1.807, 2.05) is 19.9 Å². The summed E-state index contributed by atoms with van der Waals surface area (Å²) in [6, 6.07) is 0. The summed E-state index contributed by atoms with van der Waals surface area (Å²) >= 11 is 0. The zero-order chi connectivity index (χ0) is 14.6. The molecule has 0 aliphatic carbocycles. The molecule has 0 aromatic heterocycles. The summed E-state index contributed by atoms with van der Waals surface area (Å²) in [5.74, 6) is 0.435. The molecular weight excluding hydrogens is 240 g/mol. The lowest BCUT2D eigenvalue weighted by Gasteiger charge is -2.20. The van der Waals surface area contributed by atoms with Gasteiger partial charge in [0.25, 0.3) is 0 Å². The molecule has 1 rings (SSSR count). The van der Waals surface area contributed by atoms with Gasteiger partial charge in [0, 0.05) is 0 Å². The summed E-state index contributed by atoms with van der Waals surface area (Å²) < 4.78 is 11.7. The third-order valence-electron chi connectivity index (χ3n) is 3.79.